The van der Waals surface area contributed by atoms with Gasteiger partial charge in [0.25, 0.3) is 5.91 Å². The Balaban J connectivity index is 2.40. The van der Waals surface area contributed by atoms with Gasteiger partial charge in [-0.2, -0.15) is 5.10 Å². The van der Waals surface area contributed by atoms with E-state index in [4.69, 9.17) is 23.2 Å². The van der Waals surface area contributed by atoms with Gasteiger partial charge in [0.15, 0.2) is 5.69 Å². The SMILES string of the molecule is COC(=O)c1nn(C)c(C)c1NC(=O)c1cc(Cl)ccc1Cl. The number of nitrogens with one attached hydrogen (secondary N) is 1. The number of methoxy groups -OCH3 is 1. The van der Waals surface area contributed by atoms with Gasteiger partial charge in [-0.1, -0.05) is 23.2 Å². The van der Waals surface area contributed by atoms with Gasteiger partial charge in [0.2, 0.25) is 0 Å². The van der Waals surface area contributed by atoms with Gasteiger partial charge in [-0.15, -0.1) is 0 Å². The summed E-state index contributed by atoms with van der Waals surface area (Å²) < 4.78 is 6.14. The van der Waals surface area contributed by atoms with Crippen molar-refractivity contribution in [2.75, 3.05) is 12.4 Å². The van der Waals surface area contributed by atoms with Crippen molar-refractivity contribution in [1.82, 2.24) is 9.78 Å². The number of hydrogen-bond donors (Lipinski definition) is 1. The normalized spacial score (nSPS) is 10.4. The van der Waals surface area contributed by atoms with Crippen LogP contribution in [0.2, 0.25) is 10.0 Å². The first-order chi connectivity index (χ1) is 10.3. The summed E-state index contributed by atoms with van der Waals surface area (Å²) in [6.45, 7) is 1.72. The highest BCUT2D eigenvalue weighted by molar-refractivity contribution is 6.36. The lowest BCUT2D eigenvalue weighted by Gasteiger charge is -2.08. The number of amides is 1. The lowest BCUT2D eigenvalue weighted by atomic mass is 10.2. The van der Waals surface area contributed by atoms with Crippen LogP contribution in [0.25, 0.3) is 0 Å². The molecule has 2 rings (SSSR count). The predicted molar refractivity (Wildman–Crippen MR) is 83.7 cm³/mol. The van der Waals surface area contributed by atoms with E-state index in [1.165, 1.54) is 23.9 Å². The summed E-state index contributed by atoms with van der Waals surface area (Å²) in [6.07, 6.45) is 0. The van der Waals surface area contributed by atoms with Gasteiger partial charge >= 0.3 is 5.97 Å². The van der Waals surface area contributed by atoms with Crippen LogP contribution >= 0.6 is 23.2 Å². The van der Waals surface area contributed by atoms with E-state index < -0.39 is 11.9 Å². The van der Waals surface area contributed by atoms with Gasteiger partial charge in [0.05, 0.1) is 29.1 Å². The minimum atomic E-state index is -0.642. The van der Waals surface area contributed by atoms with Gasteiger partial charge in [0, 0.05) is 12.1 Å². The van der Waals surface area contributed by atoms with Crippen LogP contribution in [0.15, 0.2) is 18.2 Å². The van der Waals surface area contributed by atoms with E-state index in [2.05, 4.69) is 15.2 Å². The van der Waals surface area contributed by atoms with E-state index in [-0.39, 0.29) is 22.0 Å². The van der Waals surface area contributed by atoms with Gasteiger partial charge in [0.1, 0.15) is 0 Å². The first-order valence-corrected chi connectivity index (χ1v) is 6.99. The Kier molecular flexibility index (Phi) is 4.73. The molecule has 1 N–H and O–H groups in total. The third-order valence-corrected chi connectivity index (χ3v) is 3.69. The summed E-state index contributed by atoms with van der Waals surface area (Å²) in [4.78, 5) is 24.1. The second-order valence-corrected chi connectivity index (χ2v) is 5.35. The van der Waals surface area contributed by atoms with Crippen molar-refractivity contribution in [2.45, 2.75) is 6.92 Å². The Labute approximate surface area is 137 Å². The molecule has 0 saturated heterocycles. The van der Waals surface area contributed by atoms with E-state index in [0.29, 0.717) is 10.7 Å². The van der Waals surface area contributed by atoms with Crippen LogP contribution in [0.1, 0.15) is 26.5 Å². The van der Waals surface area contributed by atoms with Crippen LogP contribution < -0.4 is 5.32 Å². The molecular formula is C14H13Cl2N3O3. The highest BCUT2D eigenvalue weighted by Crippen LogP contribution is 2.25. The number of halogens is 2. The number of carbonyl (C=O) groups excluding carboxylic acids is 2. The Morgan fingerprint density at radius 3 is 2.64 bits per heavy atom. The molecule has 6 nitrogen and oxygen atoms in total. The monoisotopic (exact) mass is 341 g/mol. The van der Waals surface area contributed by atoms with E-state index in [0.717, 1.165) is 0 Å². The number of carbonyl (C=O) groups is 2. The molecule has 0 spiro atoms. The second kappa shape index (κ2) is 6.37. The number of aryl methyl sites for hydroxylation is 1. The van der Waals surface area contributed by atoms with Gasteiger partial charge in [-0.05, 0) is 25.1 Å². The fourth-order valence-electron chi connectivity index (χ4n) is 1.85. The molecule has 0 aliphatic rings. The second-order valence-electron chi connectivity index (χ2n) is 4.50. The summed E-state index contributed by atoms with van der Waals surface area (Å²) in [5.41, 5.74) is 1.10. The number of anilines is 1. The first-order valence-electron chi connectivity index (χ1n) is 6.23. The van der Waals surface area contributed by atoms with Crippen molar-refractivity contribution in [2.24, 2.45) is 7.05 Å². The summed E-state index contributed by atoms with van der Waals surface area (Å²) in [7, 11) is 2.90. The molecule has 0 bridgehead atoms. The minimum absolute atomic E-state index is 0.0222. The van der Waals surface area contributed by atoms with E-state index >= 15 is 0 Å². The Morgan fingerprint density at radius 2 is 2.00 bits per heavy atom. The Hall–Kier alpha value is -2.05. The lowest BCUT2D eigenvalue weighted by molar-refractivity contribution is 0.0594. The van der Waals surface area contributed by atoms with Crippen LogP contribution in [0.4, 0.5) is 5.69 Å². The van der Waals surface area contributed by atoms with Crippen molar-refractivity contribution in [1.29, 1.82) is 0 Å². The molecule has 0 saturated carbocycles. The fraction of sp³-hybridized carbons (Fsp3) is 0.214. The highest BCUT2D eigenvalue weighted by Gasteiger charge is 2.23. The number of esters is 1. The van der Waals surface area contributed by atoms with Crippen molar-refractivity contribution in [3.63, 3.8) is 0 Å². The predicted octanol–water partition coefficient (Wildman–Crippen LogP) is 3.07. The first kappa shape index (κ1) is 16.3. The van der Waals surface area contributed by atoms with Crippen molar-refractivity contribution >= 4 is 40.8 Å². The number of hydrogen-bond acceptors (Lipinski definition) is 4. The van der Waals surface area contributed by atoms with Gasteiger partial charge in [-0.3, -0.25) is 9.48 Å². The van der Waals surface area contributed by atoms with Crippen LogP contribution in [-0.2, 0) is 11.8 Å². The van der Waals surface area contributed by atoms with Crippen molar-refractivity contribution < 1.29 is 14.3 Å². The Bertz CT molecular complexity index is 756. The van der Waals surface area contributed by atoms with Crippen molar-refractivity contribution in [3.05, 3.63) is 45.2 Å². The molecule has 0 aliphatic carbocycles. The smallest absolute Gasteiger partial charge is 0.360 e. The van der Waals surface area contributed by atoms with Gasteiger partial charge in [-0.25, -0.2) is 4.79 Å². The van der Waals surface area contributed by atoms with Crippen LogP contribution in [0.3, 0.4) is 0 Å². The van der Waals surface area contributed by atoms with Crippen LogP contribution in [0.5, 0.6) is 0 Å². The zero-order valence-corrected chi connectivity index (χ0v) is 13.6. The molecule has 22 heavy (non-hydrogen) atoms. The summed E-state index contributed by atoms with van der Waals surface area (Å²) in [6, 6.07) is 4.55. The van der Waals surface area contributed by atoms with Crippen molar-refractivity contribution in [3.8, 4) is 0 Å². The third kappa shape index (κ3) is 3.08. The molecule has 0 fully saturated rings. The maximum absolute atomic E-state index is 12.4. The van der Waals surface area contributed by atoms with Crippen LogP contribution in [-0.4, -0.2) is 28.8 Å². The average Bonchev–Trinajstić information content (AvgIpc) is 2.77. The molecule has 0 aliphatic heterocycles. The topological polar surface area (TPSA) is 73.2 Å². The zero-order valence-electron chi connectivity index (χ0n) is 12.1. The molecule has 1 heterocycles. The maximum atomic E-state index is 12.4. The maximum Gasteiger partial charge on any atom is 0.360 e. The number of aromatic nitrogens is 2. The molecule has 0 atom stereocenters. The molecule has 0 unspecified atom stereocenters. The summed E-state index contributed by atoms with van der Waals surface area (Å²) >= 11 is 11.9. The van der Waals surface area contributed by atoms with Crippen LogP contribution in [0, 0.1) is 6.92 Å². The van der Waals surface area contributed by atoms with E-state index in [9.17, 15) is 9.59 Å². The molecule has 2 aromatic rings. The number of nitrogens with zero attached hydrogens (tertiary/aromatic N) is 2. The lowest BCUT2D eigenvalue weighted by Crippen LogP contribution is -2.16. The number of benzene rings is 1. The molecule has 116 valence electrons. The molecular weight excluding hydrogens is 329 g/mol. The molecule has 8 heteroatoms. The van der Waals surface area contributed by atoms with E-state index in [1.54, 1.807) is 20.0 Å². The molecule has 1 amide bonds. The fourth-order valence-corrected chi connectivity index (χ4v) is 2.23. The minimum Gasteiger partial charge on any atom is -0.464 e. The molecule has 1 aromatic carbocycles. The average molecular weight is 342 g/mol. The summed E-state index contributed by atoms with van der Waals surface area (Å²) in [5, 5.41) is 7.30. The number of rotatable bonds is 3. The third-order valence-electron chi connectivity index (χ3n) is 3.12. The largest absolute Gasteiger partial charge is 0.464 e. The quantitative estimate of drug-likeness (QED) is 0.870. The summed E-state index contributed by atoms with van der Waals surface area (Å²) in [5.74, 6) is -1.13. The molecule has 0 radical (unpaired) electrons. The Morgan fingerprint density at radius 1 is 1.32 bits per heavy atom. The zero-order chi connectivity index (χ0) is 16.4. The number of ether oxygens (including phenoxy) is 1. The molecule has 1 aromatic heterocycles. The highest BCUT2D eigenvalue weighted by atomic mass is 35.5. The van der Waals surface area contributed by atoms with Gasteiger partial charge < -0.3 is 10.1 Å². The van der Waals surface area contributed by atoms with E-state index in [1.807, 2.05) is 0 Å². The standard InChI is InChI=1S/C14H13Cl2N3O3/c1-7-11(12(14(21)22-3)18-19(7)2)17-13(20)9-6-8(15)4-5-10(9)16/h4-6H,1-3H3,(H,17,20).